The number of aromatic nitrogens is 4. The maximum absolute atomic E-state index is 12.4. The van der Waals surface area contributed by atoms with Crippen molar-refractivity contribution in [2.45, 2.75) is 26.8 Å². The molecular weight excluding hydrogens is 286 g/mol. The Morgan fingerprint density at radius 3 is 3.05 bits per heavy atom. The van der Waals surface area contributed by atoms with Crippen LogP contribution in [0.3, 0.4) is 0 Å². The van der Waals surface area contributed by atoms with Crippen molar-refractivity contribution < 1.29 is 0 Å². The van der Waals surface area contributed by atoms with E-state index in [1.165, 1.54) is 0 Å². The van der Waals surface area contributed by atoms with E-state index in [2.05, 4.69) is 22.3 Å². The lowest BCUT2D eigenvalue weighted by molar-refractivity contribution is 0.749. The lowest BCUT2D eigenvalue weighted by atomic mass is 10.4. The van der Waals surface area contributed by atoms with Gasteiger partial charge in [-0.3, -0.25) is 4.79 Å². The van der Waals surface area contributed by atoms with Crippen molar-refractivity contribution in [3.63, 3.8) is 0 Å². The van der Waals surface area contributed by atoms with Gasteiger partial charge in [-0.15, -0.1) is 11.3 Å². The summed E-state index contributed by atoms with van der Waals surface area (Å²) in [6.07, 6.45) is 6.45. The Bertz CT molecular complexity index is 816. The van der Waals surface area contributed by atoms with Crippen LogP contribution in [0.2, 0.25) is 0 Å². The van der Waals surface area contributed by atoms with Crippen LogP contribution in [0, 0.1) is 6.92 Å². The van der Waals surface area contributed by atoms with Gasteiger partial charge in [0.15, 0.2) is 5.13 Å². The molecule has 0 aliphatic carbocycles. The van der Waals surface area contributed by atoms with Crippen molar-refractivity contribution in [1.29, 1.82) is 0 Å². The van der Waals surface area contributed by atoms with Crippen LogP contribution < -0.4 is 10.9 Å². The second-order valence-corrected chi connectivity index (χ2v) is 6.02. The van der Waals surface area contributed by atoms with Gasteiger partial charge in [0, 0.05) is 30.0 Å². The molecule has 0 atom stereocenters. The summed E-state index contributed by atoms with van der Waals surface area (Å²) in [4.78, 5) is 17.8. The Balaban J connectivity index is 1.86. The molecule has 0 amide bonds. The molecule has 3 rings (SSSR count). The first-order valence-electron chi connectivity index (χ1n) is 6.91. The number of rotatable bonds is 5. The number of nitrogens with zero attached hydrogens (tertiary/aromatic N) is 4. The Labute approximate surface area is 126 Å². The zero-order chi connectivity index (χ0) is 14.8. The normalized spacial score (nSPS) is 11.1. The highest BCUT2D eigenvalue weighted by molar-refractivity contribution is 7.15. The molecule has 3 aromatic heterocycles. The van der Waals surface area contributed by atoms with Crippen LogP contribution >= 0.6 is 11.3 Å². The van der Waals surface area contributed by atoms with Gasteiger partial charge in [0.05, 0.1) is 12.2 Å². The van der Waals surface area contributed by atoms with Crippen LogP contribution in [0.15, 0.2) is 29.5 Å². The Hall–Kier alpha value is -2.15. The molecule has 0 spiro atoms. The lowest BCUT2D eigenvalue weighted by Gasteiger charge is -2.03. The summed E-state index contributed by atoms with van der Waals surface area (Å²) in [5.74, 6) is 0. The molecule has 6 nitrogen and oxygen atoms in total. The smallest absolute Gasteiger partial charge is 0.276 e. The van der Waals surface area contributed by atoms with Crippen LogP contribution in [-0.2, 0) is 6.54 Å². The monoisotopic (exact) mass is 303 g/mol. The minimum Gasteiger partial charge on any atom is -0.362 e. The Morgan fingerprint density at radius 1 is 1.38 bits per heavy atom. The van der Waals surface area contributed by atoms with Gasteiger partial charge in [0.2, 0.25) is 0 Å². The molecule has 3 aromatic rings. The number of nitrogens with one attached hydrogen (secondary N) is 1. The SMILES string of the molecule is CCCNc1ncc(Cn2ccn3nc(C)cc3c2=O)s1. The molecule has 0 saturated heterocycles. The third-order valence-electron chi connectivity index (χ3n) is 3.13. The van der Waals surface area contributed by atoms with Crippen molar-refractivity contribution in [3.8, 4) is 0 Å². The molecule has 110 valence electrons. The molecule has 0 bridgehead atoms. The molecule has 1 N–H and O–H groups in total. The van der Waals surface area contributed by atoms with Gasteiger partial charge in [-0.05, 0) is 19.4 Å². The summed E-state index contributed by atoms with van der Waals surface area (Å²) in [5, 5.41) is 8.40. The lowest BCUT2D eigenvalue weighted by Crippen LogP contribution is -2.21. The van der Waals surface area contributed by atoms with E-state index in [4.69, 9.17) is 0 Å². The predicted molar refractivity (Wildman–Crippen MR) is 84.2 cm³/mol. The van der Waals surface area contributed by atoms with E-state index in [0.29, 0.717) is 12.1 Å². The molecule has 3 heterocycles. The second kappa shape index (κ2) is 5.69. The van der Waals surface area contributed by atoms with Crippen molar-refractivity contribution in [3.05, 3.63) is 45.6 Å². The van der Waals surface area contributed by atoms with Crippen molar-refractivity contribution in [2.75, 3.05) is 11.9 Å². The zero-order valence-electron chi connectivity index (χ0n) is 12.0. The quantitative estimate of drug-likeness (QED) is 0.784. The molecule has 0 aromatic carbocycles. The first-order valence-corrected chi connectivity index (χ1v) is 7.73. The largest absolute Gasteiger partial charge is 0.362 e. The summed E-state index contributed by atoms with van der Waals surface area (Å²) in [5.41, 5.74) is 1.41. The maximum atomic E-state index is 12.4. The highest BCUT2D eigenvalue weighted by Gasteiger charge is 2.07. The van der Waals surface area contributed by atoms with Gasteiger partial charge < -0.3 is 9.88 Å². The summed E-state index contributed by atoms with van der Waals surface area (Å²) in [6.45, 7) is 5.44. The third kappa shape index (κ3) is 2.82. The van der Waals surface area contributed by atoms with E-state index < -0.39 is 0 Å². The van der Waals surface area contributed by atoms with Gasteiger partial charge in [-0.25, -0.2) is 9.50 Å². The molecule has 0 aliphatic rings. The van der Waals surface area contributed by atoms with Crippen molar-refractivity contribution >= 4 is 22.0 Å². The first kappa shape index (κ1) is 13.8. The fraction of sp³-hybridized carbons (Fsp3) is 0.357. The summed E-state index contributed by atoms with van der Waals surface area (Å²) >= 11 is 1.58. The molecule has 0 saturated carbocycles. The molecule has 0 aliphatic heterocycles. The molecule has 0 radical (unpaired) electrons. The minimum absolute atomic E-state index is 0.0328. The average Bonchev–Trinajstić information content (AvgIpc) is 3.06. The van der Waals surface area contributed by atoms with E-state index in [1.807, 2.05) is 13.1 Å². The molecule has 0 unspecified atom stereocenters. The minimum atomic E-state index is -0.0328. The number of fused-ring (bicyclic) bond motifs is 1. The topological polar surface area (TPSA) is 64.2 Å². The zero-order valence-corrected chi connectivity index (χ0v) is 12.9. The predicted octanol–water partition coefficient (Wildman–Crippen LogP) is 2.13. The van der Waals surface area contributed by atoms with Crippen molar-refractivity contribution in [1.82, 2.24) is 19.2 Å². The Morgan fingerprint density at radius 2 is 2.24 bits per heavy atom. The van der Waals surface area contributed by atoms with Gasteiger partial charge in [0.25, 0.3) is 5.56 Å². The maximum Gasteiger partial charge on any atom is 0.276 e. The van der Waals surface area contributed by atoms with E-state index in [1.54, 1.807) is 38.9 Å². The fourth-order valence-electron chi connectivity index (χ4n) is 2.14. The van der Waals surface area contributed by atoms with E-state index in [9.17, 15) is 4.79 Å². The van der Waals surface area contributed by atoms with Crippen LogP contribution in [0.1, 0.15) is 23.9 Å². The summed E-state index contributed by atoms with van der Waals surface area (Å²) < 4.78 is 3.31. The van der Waals surface area contributed by atoms with E-state index in [0.717, 1.165) is 28.7 Å². The molecule has 21 heavy (non-hydrogen) atoms. The van der Waals surface area contributed by atoms with Gasteiger partial charge in [-0.2, -0.15) is 5.10 Å². The van der Waals surface area contributed by atoms with Crippen LogP contribution in [0.5, 0.6) is 0 Å². The van der Waals surface area contributed by atoms with Gasteiger partial charge in [0.1, 0.15) is 5.52 Å². The number of aryl methyl sites for hydroxylation is 1. The fourth-order valence-corrected chi connectivity index (χ4v) is 2.97. The van der Waals surface area contributed by atoms with Crippen LogP contribution in [0.4, 0.5) is 5.13 Å². The number of hydrogen-bond donors (Lipinski definition) is 1. The third-order valence-corrected chi connectivity index (χ3v) is 4.07. The summed E-state index contributed by atoms with van der Waals surface area (Å²) in [6, 6.07) is 1.81. The van der Waals surface area contributed by atoms with Gasteiger partial charge >= 0.3 is 0 Å². The highest BCUT2D eigenvalue weighted by atomic mass is 32.1. The molecule has 0 fully saturated rings. The average molecular weight is 303 g/mol. The van der Waals surface area contributed by atoms with Crippen LogP contribution in [0.25, 0.3) is 5.52 Å². The number of anilines is 1. The van der Waals surface area contributed by atoms with Gasteiger partial charge in [-0.1, -0.05) is 6.92 Å². The number of thiazole rings is 1. The summed E-state index contributed by atoms with van der Waals surface area (Å²) in [7, 11) is 0. The molecule has 7 heteroatoms. The van der Waals surface area contributed by atoms with Crippen LogP contribution in [-0.4, -0.2) is 25.7 Å². The van der Waals surface area contributed by atoms with Crippen molar-refractivity contribution in [2.24, 2.45) is 0 Å². The van der Waals surface area contributed by atoms with E-state index in [-0.39, 0.29) is 5.56 Å². The Kier molecular flexibility index (Phi) is 3.74. The van der Waals surface area contributed by atoms with E-state index >= 15 is 0 Å². The number of hydrogen-bond acceptors (Lipinski definition) is 5. The highest BCUT2D eigenvalue weighted by Crippen LogP contribution is 2.18. The second-order valence-electron chi connectivity index (χ2n) is 4.91. The molecular formula is C14H17N5OS. The first-order chi connectivity index (χ1) is 10.2. The standard InChI is InChI=1S/C14H17N5OS/c1-3-4-15-14-16-8-11(21-14)9-18-5-6-19-12(13(18)20)7-10(2)17-19/h5-8H,3-4,9H2,1-2H3,(H,15,16).